The van der Waals surface area contributed by atoms with E-state index >= 15 is 0 Å². The summed E-state index contributed by atoms with van der Waals surface area (Å²) in [5, 5.41) is 0.377. The molecule has 1 atom stereocenters. The van der Waals surface area contributed by atoms with Crippen LogP contribution in [0.5, 0.6) is 0 Å². The molecular weight excluding hydrogens is 402 g/mol. The molecule has 2 heterocycles. The lowest BCUT2D eigenvalue weighted by Gasteiger charge is -2.41. The van der Waals surface area contributed by atoms with Crippen molar-refractivity contribution in [3.05, 3.63) is 70.2 Å². The van der Waals surface area contributed by atoms with Gasteiger partial charge in [-0.3, -0.25) is 14.4 Å². The Labute approximate surface area is 181 Å². The maximum Gasteiger partial charge on any atom is 0.256 e. The van der Waals surface area contributed by atoms with Crippen molar-refractivity contribution in [2.45, 2.75) is 25.9 Å². The van der Waals surface area contributed by atoms with E-state index in [0.29, 0.717) is 49.7 Å². The van der Waals surface area contributed by atoms with Crippen LogP contribution in [0.25, 0.3) is 0 Å². The van der Waals surface area contributed by atoms with Gasteiger partial charge in [0.05, 0.1) is 10.6 Å². The van der Waals surface area contributed by atoms with Crippen LogP contribution in [-0.4, -0.2) is 64.6 Å². The summed E-state index contributed by atoms with van der Waals surface area (Å²) in [6.45, 7) is 3.89. The van der Waals surface area contributed by atoms with Crippen LogP contribution < -0.4 is 0 Å². The van der Waals surface area contributed by atoms with Crippen molar-refractivity contribution in [1.29, 1.82) is 0 Å². The molecule has 2 aliphatic rings. The minimum Gasteiger partial charge on any atom is -0.339 e. The quantitative estimate of drug-likeness (QED) is 0.743. The summed E-state index contributed by atoms with van der Waals surface area (Å²) in [4.78, 5) is 43.6. The van der Waals surface area contributed by atoms with E-state index in [1.54, 1.807) is 45.9 Å². The molecule has 1 saturated heterocycles. The Kier molecular flexibility index (Phi) is 5.77. The van der Waals surface area contributed by atoms with Gasteiger partial charge in [0, 0.05) is 46.1 Å². The molecule has 6 nitrogen and oxygen atoms in total. The van der Waals surface area contributed by atoms with Gasteiger partial charge in [0.1, 0.15) is 6.04 Å². The van der Waals surface area contributed by atoms with Gasteiger partial charge in [-0.15, -0.1) is 0 Å². The molecule has 1 fully saturated rings. The molecule has 30 heavy (non-hydrogen) atoms. The molecule has 0 aliphatic carbocycles. The number of piperazine rings is 1. The Balaban J connectivity index is 1.61. The maximum absolute atomic E-state index is 13.5. The number of carbonyl (C=O) groups excluding carboxylic acids is 3. The molecule has 4 rings (SSSR count). The predicted octanol–water partition coefficient (Wildman–Crippen LogP) is 2.60. The highest BCUT2D eigenvalue weighted by Crippen LogP contribution is 2.28. The summed E-state index contributed by atoms with van der Waals surface area (Å²) >= 11 is 6.28. The minimum absolute atomic E-state index is 0.0178. The van der Waals surface area contributed by atoms with Gasteiger partial charge in [-0.05, 0) is 23.3 Å². The molecule has 1 unspecified atom stereocenters. The van der Waals surface area contributed by atoms with Gasteiger partial charge >= 0.3 is 0 Å². The minimum atomic E-state index is -0.590. The third-order valence-corrected chi connectivity index (χ3v) is 6.27. The predicted molar refractivity (Wildman–Crippen MR) is 114 cm³/mol. The fraction of sp³-hybridized carbons (Fsp3) is 0.348. The Hall–Kier alpha value is -2.86. The van der Waals surface area contributed by atoms with Crippen LogP contribution >= 0.6 is 11.6 Å². The lowest BCUT2D eigenvalue weighted by molar-refractivity contribution is -0.142. The number of hydrogen-bond donors (Lipinski definition) is 0. The number of nitrogens with zero attached hydrogens (tertiary/aromatic N) is 3. The SMILES string of the molecule is CC(=O)N1CCN(C(=O)C2Cc3ccccc3CN2C(=O)c2ccccc2Cl)CC1. The first-order valence-electron chi connectivity index (χ1n) is 10.1. The number of fused-ring (bicyclic) bond motifs is 1. The van der Waals surface area contributed by atoms with E-state index in [0.717, 1.165) is 11.1 Å². The molecule has 3 amide bonds. The summed E-state index contributed by atoms with van der Waals surface area (Å²) in [6.07, 6.45) is 0.470. The molecule has 0 spiro atoms. The zero-order valence-corrected chi connectivity index (χ0v) is 17.6. The average Bonchev–Trinajstić information content (AvgIpc) is 2.77. The van der Waals surface area contributed by atoms with Gasteiger partial charge in [-0.2, -0.15) is 0 Å². The van der Waals surface area contributed by atoms with E-state index in [-0.39, 0.29) is 17.7 Å². The molecule has 0 radical (unpaired) electrons. The van der Waals surface area contributed by atoms with E-state index in [1.165, 1.54) is 0 Å². The van der Waals surface area contributed by atoms with Crippen LogP contribution in [-0.2, 0) is 22.6 Å². The van der Waals surface area contributed by atoms with Crippen LogP contribution in [0.15, 0.2) is 48.5 Å². The molecular formula is C23H24ClN3O3. The lowest BCUT2D eigenvalue weighted by Crippen LogP contribution is -2.58. The molecule has 2 aromatic carbocycles. The third kappa shape index (κ3) is 3.92. The molecule has 0 aromatic heterocycles. The van der Waals surface area contributed by atoms with Crippen molar-refractivity contribution in [3.8, 4) is 0 Å². The van der Waals surface area contributed by atoms with Crippen molar-refractivity contribution in [2.24, 2.45) is 0 Å². The number of benzene rings is 2. The average molecular weight is 426 g/mol. The van der Waals surface area contributed by atoms with E-state index in [1.807, 2.05) is 24.3 Å². The summed E-state index contributed by atoms with van der Waals surface area (Å²) in [5.74, 6) is -0.298. The van der Waals surface area contributed by atoms with Crippen LogP contribution in [0, 0.1) is 0 Å². The van der Waals surface area contributed by atoms with Gasteiger partial charge < -0.3 is 14.7 Å². The van der Waals surface area contributed by atoms with E-state index in [9.17, 15) is 14.4 Å². The fourth-order valence-corrected chi connectivity index (χ4v) is 4.42. The Morgan fingerprint density at radius 3 is 2.13 bits per heavy atom. The van der Waals surface area contributed by atoms with E-state index in [4.69, 9.17) is 11.6 Å². The highest BCUT2D eigenvalue weighted by Gasteiger charge is 2.38. The van der Waals surface area contributed by atoms with Crippen molar-refractivity contribution in [2.75, 3.05) is 26.2 Å². The smallest absolute Gasteiger partial charge is 0.256 e. The first-order chi connectivity index (χ1) is 14.5. The Bertz CT molecular complexity index is 985. The molecule has 2 aliphatic heterocycles. The van der Waals surface area contributed by atoms with Gasteiger partial charge in [-0.1, -0.05) is 48.0 Å². The van der Waals surface area contributed by atoms with Gasteiger partial charge in [0.2, 0.25) is 11.8 Å². The van der Waals surface area contributed by atoms with Crippen molar-refractivity contribution in [1.82, 2.24) is 14.7 Å². The van der Waals surface area contributed by atoms with Gasteiger partial charge in [0.15, 0.2) is 0 Å². The number of amides is 3. The standard InChI is InChI=1S/C23H24ClN3O3/c1-16(28)25-10-12-26(13-11-25)23(30)21-14-17-6-2-3-7-18(17)15-27(21)22(29)19-8-4-5-9-20(19)24/h2-9,21H,10-15H2,1H3. The largest absolute Gasteiger partial charge is 0.339 e. The van der Waals surface area contributed by atoms with Crippen LogP contribution in [0.2, 0.25) is 5.02 Å². The first-order valence-corrected chi connectivity index (χ1v) is 10.5. The van der Waals surface area contributed by atoms with Crippen LogP contribution in [0.1, 0.15) is 28.4 Å². The summed E-state index contributed by atoms with van der Waals surface area (Å²) in [6, 6.07) is 14.2. The topological polar surface area (TPSA) is 60.9 Å². The highest BCUT2D eigenvalue weighted by molar-refractivity contribution is 6.33. The highest BCUT2D eigenvalue weighted by atomic mass is 35.5. The first kappa shape index (κ1) is 20.4. The van der Waals surface area contributed by atoms with Crippen molar-refractivity contribution >= 4 is 29.3 Å². The van der Waals surface area contributed by atoms with Gasteiger partial charge in [-0.25, -0.2) is 0 Å². The number of carbonyl (C=O) groups is 3. The molecule has 2 aromatic rings. The molecule has 0 bridgehead atoms. The Morgan fingerprint density at radius 2 is 1.47 bits per heavy atom. The van der Waals surface area contributed by atoms with Crippen molar-refractivity contribution in [3.63, 3.8) is 0 Å². The summed E-state index contributed by atoms with van der Waals surface area (Å²) in [5.41, 5.74) is 2.53. The summed E-state index contributed by atoms with van der Waals surface area (Å²) in [7, 11) is 0. The molecule has 156 valence electrons. The molecule has 0 N–H and O–H groups in total. The maximum atomic E-state index is 13.5. The Morgan fingerprint density at radius 1 is 0.867 bits per heavy atom. The monoisotopic (exact) mass is 425 g/mol. The lowest BCUT2D eigenvalue weighted by atomic mass is 9.92. The number of halogens is 1. The normalized spacial score (nSPS) is 18.7. The van der Waals surface area contributed by atoms with E-state index < -0.39 is 6.04 Å². The third-order valence-electron chi connectivity index (χ3n) is 5.94. The van der Waals surface area contributed by atoms with Gasteiger partial charge in [0.25, 0.3) is 5.91 Å². The molecule has 7 heteroatoms. The number of rotatable bonds is 2. The zero-order chi connectivity index (χ0) is 21.3. The summed E-state index contributed by atoms with van der Waals surface area (Å²) < 4.78 is 0. The second kappa shape index (κ2) is 8.48. The zero-order valence-electron chi connectivity index (χ0n) is 16.9. The van der Waals surface area contributed by atoms with Crippen molar-refractivity contribution < 1.29 is 14.4 Å². The fourth-order valence-electron chi connectivity index (χ4n) is 4.20. The second-order valence-electron chi connectivity index (χ2n) is 7.73. The van der Waals surface area contributed by atoms with Crippen LogP contribution in [0.3, 0.4) is 0 Å². The van der Waals surface area contributed by atoms with Crippen LogP contribution in [0.4, 0.5) is 0 Å². The number of hydrogen-bond acceptors (Lipinski definition) is 3. The molecule has 0 saturated carbocycles. The second-order valence-corrected chi connectivity index (χ2v) is 8.14. The van der Waals surface area contributed by atoms with E-state index in [2.05, 4.69) is 0 Å².